The third-order valence-corrected chi connectivity index (χ3v) is 4.58. The molecule has 4 heteroatoms. The fourth-order valence-electron chi connectivity index (χ4n) is 2.45. The first kappa shape index (κ1) is 13.7. The molecule has 0 saturated heterocycles. The minimum absolute atomic E-state index is 0.0937. The zero-order valence-electron chi connectivity index (χ0n) is 11.9. The van der Waals surface area contributed by atoms with Gasteiger partial charge in [-0.1, -0.05) is 6.07 Å². The van der Waals surface area contributed by atoms with Crippen LogP contribution in [0.15, 0.2) is 30.3 Å². The van der Waals surface area contributed by atoms with Crippen LogP contribution in [0.3, 0.4) is 0 Å². The zero-order valence-corrected chi connectivity index (χ0v) is 13.4. The number of alkyl halides is 1. The summed E-state index contributed by atoms with van der Waals surface area (Å²) in [5, 5.41) is -0.0937. The summed E-state index contributed by atoms with van der Waals surface area (Å²) in [6, 6.07) is 10.7. The molecule has 2 heterocycles. The maximum Gasteiger partial charge on any atom is 0.128 e. The number of rotatable bonds is 3. The number of aryl methyl sites for hydroxylation is 2. The minimum Gasteiger partial charge on any atom is -0.321 e. The van der Waals surface area contributed by atoms with Gasteiger partial charge in [0, 0.05) is 9.75 Å². The molecule has 0 radical (unpaired) electrons. The first-order chi connectivity index (χ1) is 9.54. The van der Waals surface area contributed by atoms with Crippen LogP contribution in [0.5, 0.6) is 0 Å². The van der Waals surface area contributed by atoms with Crippen LogP contribution >= 0.6 is 22.9 Å². The SMILES string of the molecule is Cc1ccc2c(c1)nc(C(C)Cl)n2Cc1ccc(C)s1. The highest BCUT2D eigenvalue weighted by Crippen LogP contribution is 2.27. The Labute approximate surface area is 128 Å². The lowest BCUT2D eigenvalue weighted by atomic mass is 10.2. The molecule has 104 valence electrons. The van der Waals surface area contributed by atoms with Crippen LogP contribution in [0, 0.1) is 13.8 Å². The smallest absolute Gasteiger partial charge is 0.128 e. The summed E-state index contributed by atoms with van der Waals surface area (Å²) in [6.45, 7) is 7.04. The molecule has 20 heavy (non-hydrogen) atoms. The van der Waals surface area contributed by atoms with Crippen molar-refractivity contribution in [1.29, 1.82) is 0 Å². The monoisotopic (exact) mass is 304 g/mol. The number of fused-ring (bicyclic) bond motifs is 1. The Balaban J connectivity index is 2.13. The highest BCUT2D eigenvalue weighted by Gasteiger charge is 2.15. The van der Waals surface area contributed by atoms with Crippen LogP contribution in [-0.2, 0) is 6.54 Å². The molecule has 0 spiro atoms. The predicted octanol–water partition coefficient (Wildman–Crippen LogP) is 5.06. The van der Waals surface area contributed by atoms with Gasteiger partial charge in [0.05, 0.1) is 23.0 Å². The Morgan fingerprint density at radius 1 is 1.25 bits per heavy atom. The number of nitrogens with zero attached hydrogens (tertiary/aromatic N) is 2. The lowest BCUT2D eigenvalue weighted by Crippen LogP contribution is -2.04. The molecule has 0 N–H and O–H groups in total. The molecule has 1 atom stereocenters. The van der Waals surface area contributed by atoms with E-state index < -0.39 is 0 Å². The Hall–Kier alpha value is -1.32. The summed E-state index contributed by atoms with van der Waals surface area (Å²) < 4.78 is 2.23. The largest absolute Gasteiger partial charge is 0.321 e. The molecule has 1 aromatic carbocycles. The van der Waals surface area contributed by atoms with Crippen molar-refractivity contribution < 1.29 is 0 Å². The molecule has 0 amide bonds. The predicted molar refractivity (Wildman–Crippen MR) is 86.9 cm³/mol. The maximum absolute atomic E-state index is 6.31. The topological polar surface area (TPSA) is 17.8 Å². The van der Waals surface area contributed by atoms with E-state index in [9.17, 15) is 0 Å². The summed E-state index contributed by atoms with van der Waals surface area (Å²) in [6.07, 6.45) is 0. The Kier molecular flexibility index (Phi) is 3.57. The van der Waals surface area contributed by atoms with Gasteiger partial charge in [-0.2, -0.15) is 0 Å². The number of hydrogen-bond acceptors (Lipinski definition) is 2. The number of hydrogen-bond donors (Lipinski definition) is 0. The van der Waals surface area contributed by atoms with Crippen LogP contribution in [0.4, 0.5) is 0 Å². The zero-order chi connectivity index (χ0) is 14.3. The summed E-state index contributed by atoms with van der Waals surface area (Å²) in [7, 11) is 0. The molecule has 2 aromatic heterocycles. The van der Waals surface area contributed by atoms with Crippen molar-refractivity contribution in [3.05, 3.63) is 51.5 Å². The lowest BCUT2D eigenvalue weighted by molar-refractivity contribution is 0.750. The van der Waals surface area contributed by atoms with Crippen molar-refractivity contribution in [3.8, 4) is 0 Å². The first-order valence-corrected chi connectivity index (χ1v) is 7.96. The molecular weight excluding hydrogens is 288 g/mol. The van der Waals surface area contributed by atoms with Gasteiger partial charge >= 0.3 is 0 Å². The average molecular weight is 305 g/mol. The van der Waals surface area contributed by atoms with Gasteiger partial charge in [-0.15, -0.1) is 22.9 Å². The third-order valence-electron chi connectivity index (χ3n) is 3.40. The van der Waals surface area contributed by atoms with E-state index >= 15 is 0 Å². The van der Waals surface area contributed by atoms with Crippen molar-refractivity contribution in [2.45, 2.75) is 32.7 Å². The van der Waals surface area contributed by atoms with Crippen LogP contribution in [0.2, 0.25) is 0 Å². The molecule has 3 aromatic rings. The molecule has 0 aliphatic heterocycles. The van der Waals surface area contributed by atoms with Gasteiger partial charge in [0.15, 0.2) is 0 Å². The van der Waals surface area contributed by atoms with E-state index in [-0.39, 0.29) is 5.38 Å². The second kappa shape index (κ2) is 5.23. The molecule has 2 nitrogen and oxygen atoms in total. The molecule has 0 aliphatic rings. The lowest BCUT2D eigenvalue weighted by Gasteiger charge is -2.09. The van der Waals surface area contributed by atoms with Crippen LogP contribution < -0.4 is 0 Å². The standard InChI is InChI=1S/C16H17ClN2S/c1-10-4-7-15-14(8-10)18-16(12(3)17)19(15)9-13-6-5-11(2)20-13/h4-8,12H,9H2,1-3H3. The van der Waals surface area contributed by atoms with Crippen LogP contribution in [0.1, 0.15) is 33.4 Å². The molecule has 0 fully saturated rings. The summed E-state index contributed by atoms with van der Waals surface area (Å²) in [5.74, 6) is 0.943. The van der Waals surface area contributed by atoms with Crippen molar-refractivity contribution in [2.75, 3.05) is 0 Å². The van der Waals surface area contributed by atoms with Crippen molar-refractivity contribution in [3.63, 3.8) is 0 Å². The van der Waals surface area contributed by atoms with Crippen molar-refractivity contribution in [2.24, 2.45) is 0 Å². The molecule has 3 rings (SSSR count). The van der Waals surface area contributed by atoms with Gasteiger partial charge in [-0.3, -0.25) is 0 Å². The molecule has 0 aliphatic carbocycles. The third kappa shape index (κ3) is 2.48. The van der Waals surface area contributed by atoms with Gasteiger partial charge in [0.2, 0.25) is 0 Å². The second-order valence-corrected chi connectivity index (χ2v) is 7.20. The fraction of sp³-hybridized carbons (Fsp3) is 0.312. The molecule has 1 unspecified atom stereocenters. The summed E-state index contributed by atoms with van der Waals surface area (Å²) >= 11 is 8.14. The number of thiophene rings is 1. The van der Waals surface area contributed by atoms with E-state index in [0.29, 0.717) is 0 Å². The summed E-state index contributed by atoms with van der Waals surface area (Å²) in [4.78, 5) is 7.38. The Morgan fingerprint density at radius 3 is 2.70 bits per heavy atom. The number of aromatic nitrogens is 2. The van der Waals surface area contributed by atoms with E-state index in [4.69, 9.17) is 16.6 Å². The van der Waals surface area contributed by atoms with Gasteiger partial charge in [0.1, 0.15) is 5.82 Å². The highest BCUT2D eigenvalue weighted by atomic mass is 35.5. The summed E-state index contributed by atoms with van der Waals surface area (Å²) in [5.41, 5.74) is 3.41. The Morgan fingerprint density at radius 2 is 2.05 bits per heavy atom. The minimum atomic E-state index is -0.0937. The number of halogens is 1. The van der Waals surface area contributed by atoms with Crippen molar-refractivity contribution >= 4 is 34.0 Å². The molecule has 0 saturated carbocycles. The van der Waals surface area contributed by atoms with E-state index in [1.54, 1.807) is 0 Å². The van der Waals surface area contributed by atoms with E-state index in [0.717, 1.165) is 23.4 Å². The van der Waals surface area contributed by atoms with Crippen LogP contribution in [0.25, 0.3) is 11.0 Å². The van der Waals surface area contributed by atoms with Crippen molar-refractivity contribution in [1.82, 2.24) is 9.55 Å². The van der Waals surface area contributed by atoms with Gasteiger partial charge in [-0.25, -0.2) is 4.98 Å². The first-order valence-electron chi connectivity index (χ1n) is 6.71. The van der Waals surface area contributed by atoms with Gasteiger partial charge in [0.25, 0.3) is 0 Å². The molecular formula is C16H17ClN2S. The quantitative estimate of drug-likeness (QED) is 0.618. The maximum atomic E-state index is 6.31. The average Bonchev–Trinajstić information content (AvgIpc) is 2.94. The number of benzene rings is 1. The fourth-order valence-corrected chi connectivity index (χ4v) is 3.50. The van der Waals surface area contributed by atoms with Gasteiger partial charge in [-0.05, 0) is 50.6 Å². The van der Waals surface area contributed by atoms with Crippen LogP contribution in [-0.4, -0.2) is 9.55 Å². The van der Waals surface area contributed by atoms with E-state index in [1.165, 1.54) is 15.3 Å². The van der Waals surface area contributed by atoms with E-state index in [2.05, 4.69) is 48.7 Å². The number of imidazole rings is 1. The normalized spacial score (nSPS) is 13.0. The second-order valence-electron chi connectivity index (χ2n) is 5.18. The van der Waals surface area contributed by atoms with Gasteiger partial charge < -0.3 is 4.57 Å². The Bertz CT molecular complexity index is 755. The highest BCUT2D eigenvalue weighted by molar-refractivity contribution is 7.11. The molecule has 0 bridgehead atoms. The van der Waals surface area contributed by atoms with E-state index in [1.807, 2.05) is 18.3 Å².